The summed E-state index contributed by atoms with van der Waals surface area (Å²) in [5.74, 6) is 0.637. The van der Waals surface area contributed by atoms with Gasteiger partial charge in [-0.05, 0) is 69.8 Å². The Balaban J connectivity index is 1.42. The Hall–Kier alpha value is -2.16. The summed E-state index contributed by atoms with van der Waals surface area (Å²) in [6.45, 7) is 8.12. The molecule has 0 unspecified atom stereocenters. The van der Waals surface area contributed by atoms with Gasteiger partial charge in [0.05, 0.1) is 6.54 Å². The van der Waals surface area contributed by atoms with Crippen LogP contribution in [0.1, 0.15) is 42.4 Å². The van der Waals surface area contributed by atoms with Crippen LogP contribution in [0.5, 0.6) is 11.8 Å². The summed E-state index contributed by atoms with van der Waals surface area (Å²) in [5.41, 5.74) is 2.30. The van der Waals surface area contributed by atoms with Crippen LogP contribution in [0.2, 0.25) is 0 Å². The lowest BCUT2D eigenvalue weighted by molar-refractivity contribution is 0.141. The number of pyridine rings is 1. The Bertz CT molecular complexity index is 1110. The van der Waals surface area contributed by atoms with Gasteiger partial charge in [-0.3, -0.25) is 4.90 Å². The molecule has 0 N–H and O–H groups in total. The number of fused-ring (bicyclic) bond motifs is 1. The summed E-state index contributed by atoms with van der Waals surface area (Å²) in [7, 11) is -3.76. The van der Waals surface area contributed by atoms with E-state index in [1.807, 2.05) is 38.1 Å². The second-order valence-corrected chi connectivity index (χ2v) is 11.2. The van der Waals surface area contributed by atoms with Crippen LogP contribution in [0.3, 0.4) is 0 Å². The van der Waals surface area contributed by atoms with E-state index in [-0.39, 0.29) is 10.8 Å². The molecule has 32 heavy (non-hydrogen) atoms. The van der Waals surface area contributed by atoms with E-state index in [0.29, 0.717) is 31.1 Å². The van der Waals surface area contributed by atoms with Crippen molar-refractivity contribution in [2.75, 3.05) is 32.8 Å². The van der Waals surface area contributed by atoms with E-state index in [4.69, 9.17) is 9.47 Å². The first-order chi connectivity index (χ1) is 15.4. The number of aryl methyl sites for hydroxylation is 2. The maximum absolute atomic E-state index is 13.7. The molecule has 0 bridgehead atoms. The minimum Gasteiger partial charge on any atom is -0.476 e. The smallest absolute Gasteiger partial charge is 0.248 e. The van der Waals surface area contributed by atoms with Crippen LogP contribution >= 0.6 is 0 Å². The van der Waals surface area contributed by atoms with Gasteiger partial charge in [0.15, 0.2) is 0 Å². The summed E-state index contributed by atoms with van der Waals surface area (Å²) in [6, 6.07) is 9.57. The molecule has 2 fully saturated rings. The molecule has 2 aliphatic heterocycles. The van der Waals surface area contributed by atoms with Crippen LogP contribution in [0.15, 0.2) is 35.2 Å². The highest BCUT2D eigenvalue weighted by molar-refractivity contribution is 7.89. The van der Waals surface area contributed by atoms with Crippen molar-refractivity contribution < 1.29 is 17.9 Å². The molecule has 1 spiro atoms. The summed E-state index contributed by atoms with van der Waals surface area (Å²) in [5, 5.41) is 0. The molecule has 7 nitrogen and oxygen atoms in total. The first kappa shape index (κ1) is 21.7. The van der Waals surface area contributed by atoms with Gasteiger partial charge >= 0.3 is 0 Å². The number of hydrogen-bond donors (Lipinski definition) is 0. The molecule has 1 aliphatic carbocycles. The molecular weight excluding hydrogens is 426 g/mol. The maximum atomic E-state index is 13.7. The molecule has 5 rings (SSSR count). The average Bonchev–Trinajstić information content (AvgIpc) is 3.32. The number of sulfonamides is 1. The molecule has 3 heterocycles. The Morgan fingerprint density at radius 2 is 1.88 bits per heavy atom. The van der Waals surface area contributed by atoms with Crippen molar-refractivity contribution in [1.82, 2.24) is 14.2 Å². The van der Waals surface area contributed by atoms with Crippen LogP contribution in [-0.2, 0) is 16.6 Å². The Morgan fingerprint density at radius 3 is 2.59 bits per heavy atom. The van der Waals surface area contributed by atoms with Gasteiger partial charge in [-0.15, -0.1) is 0 Å². The van der Waals surface area contributed by atoms with E-state index < -0.39 is 15.6 Å². The van der Waals surface area contributed by atoms with Crippen LogP contribution in [0.25, 0.3) is 0 Å². The minimum atomic E-state index is -3.76. The van der Waals surface area contributed by atoms with Crippen molar-refractivity contribution in [3.8, 4) is 11.8 Å². The highest BCUT2D eigenvalue weighted by Gasteiger charge is 2.52. The summed E-state index contributed by atoms with van der Waals surface area (Å²) >= 11 is 0. The van der Waals surface area contributed by atoms with Crippen molar-refractivity contribution in [3.05, 3.63) is 47.0 Å². The van der Waals surface area contributed by atoms with Crippen LogP contribution in [0, 0.1) is 13.8 Å². The standard InChI is InChI=1S/C24H31N3O4S/c1-18-7-3-4-8-20(18)16-27-17-24(9-10-24)31-23-21(32(27,28)29)15-19(2)22(25-23)30-14-13-26-11-5-6-12-26/h3-4,7-8,15H,5-6,9-14,16-17H2,1-2H3. The summed E-state index contributed by atoms with van der Waals surface area (Å²) in [6.07, 6.45) is 4.13. The Morgan fingerprint density at radius 1 is 1.12 bits per heavy atom. The van der Waals surface area contributed by atoms with E-state index in [0.717, 1.165) is 43.6 Å². The zero-order chi connectivity index (χ0) is 22.3. The second kappa shape index (κ2) is 8.32. The molecule has 0 atom stereocenters. The van der Waals surface area contributed by atoms with Gasteiger partial charge in [0.25, 0.3) is 0 Å². The number of aromatic nitrogens is 1. The van der Waals surface area contributed by atoms with E-state index >= 15 is 0 Å². The lowest BCUT2D eigenvalue weighted by atomic mass is 10.1. The maximum Gasteiger partial charge on any atom is 0.248 e. The van der Waals surface area contributed by atoms with Crippen molar-refractivity contribution >= 4 is 10.0 Å². The summed E-state index contributed by atoms with van der Waals surface area (Å²) < 4.78 is 41.1. The van der Waals surface area contributed by atoms with Gasteiger partial charge in [0.2, 0.25) is 21.8 Å². The second-order valence-electron chi connectivity index (χ2n) is 9.30. The predicted octanol–water partition coefficient (Wildman–Crippen LogP) is 3.29. The average molecular weight is 458 g/mol. The molecule has 0 radical (unpaired) electrons. The Labute approximate surface area is 190 Å². The van der Waals surface area contributed by atoms with Crippen LogP contribution in [-0.4, -0.2) is 61.0 Å². The summed E-state index contributed by atoms with van der Waals surface area (Å²) in [4.78, 5) is 7.07. The topological polar surface area (TPSA) is 72.0 Å². The van der Waals surface area contributed by atoms with E-state index in [1.165, 1.54) is 12.8 Å². The number of ether oxygens (including phenoxy) is 2. The first-order valence-corrected chi connectivity index (χ1v) is 12.9. The van der Waals surface area contributed by atoms with Crippen molar-refractivity contribution in [2.24, 2.45) is 0 Å². The zero-order valence-electron chi connectivity index (χ0n) is 18.8. The number of likely N-dealkylation sites (tertiary alicyclic amines) is 1. The highest BCUT2D eigenvalue weighted by Crippen LogP contribution is 2.47. The fourth-order valence-corrected chi connectivity index (χ4v) is 6.16. The normalized spacial score (nSPS) is 21.7. The molecule has 3 aliphatic rings. The highest BCUT2D eigenvalue weighted by atomic mass is 32.2. The fourth-order valence-electron chi connectivity index (χ4n) is 4.54. The SMILES string of the molecule is Cc1ccccc1CN1CC2(CC2)Oc2nc(OCCN3CCCC3)c(C)cc2S1(=O)=O. The van der Waals surface area contributed by atoms with Gasteiger partial charge in [-0.1, -0.05) is 24.3 Å². The molecule has 2 aromatic rings. The number of benzene rings is 1. The molecular formula is C24H31N3O4S. The van der Waals surface area contributed by atoms with Gasteiger partial charge in [0.1, 0.15) is 17.1 Å². The van der Waals surface area contributed by atoms with Gasteiger partial charge in [-0.25, -0.2) is 8.42 Å². The van der Waals surface area contributed by atoms with E-state index in [9.17, 15) is 8.42 Å². The van der Waals surface area contributed by atoms with Gasteiger partial charge in [-0.2, -0.15) is 9.29 Å². The van der Waals surface area contributed by atoms with E-state index in [2.05, 4.69) is 9.88 Å². The number of nitrogens with zero attached hydrogens (tertiary/aromatic N) is 3. The molecule has 8 heteroatoms. The van der Waals surface area contributed by atoms with Crippen molar-refractivity contribution in [3.63, 3.8) is 0 Å². The third kappa shape index (κ3) is 4.23. The van der Waals surface area contributed by atoms with Crippen LogP contribution < -0.4 is 9.47 Å². The first-order valence-electron chi connectivity index (χ1n) is 11.5. The van der Waals surface area contributed by atoms with Gasteiger partial charge in [0, 0.05) is 18.7 Å². The van der Waals surface area contributed by atoms with E-state index in [1.54, 1.807) is 10.4 Å². The predicted molar refractivity (Wildman–Crippen MR) is 122 cm³/mol. The molecule has 1 saturated heterocycles. The zero-order valence-corrected chi connectivity index (χ0v) is 19.7. The fraction of sp³-hybridized carbons (Fsp3) is 0.542. The van der Waals surface area contributed by atoms with Gasteiger partial charge < -0.3 is 9.47 Å². The molecule has 1 aromatic heterocycles. The number of hydrogen-bond acceptors (Lipinski definition) is 6. The third-order valence-electron chi connectivity index (χ3n) is 6.75. The Kier molecular flexibility index (Phi) is 5.63. The number of rotatable bonds is 6. The third-order valence-corrected chi connectivity index (χ3v) is 8.54. The monoisotopic (exact) mass is 457 g/mol. The lowest BCUT2D eigenvalue weighted by Gasteiger charge is -2.23. The van der Waals surface area contributed by atoms with Crippen molar-refractivity contribution in [2.45, 2.75) is 56.6 Å². The molecule has 1 aromatic carbocycles. The molecule has 0 amide bonds. The largest absolute Gasteiger partial charge is 0.476 e. The quantitative estimate of drug-likeness (QED) is 0.663. The molecule has 172 valence electrons. The minimum absolute atomic E-state index is 0.138. The lowest BCUT2D eigenvalue weighted by Crippen LogP contribution is -2.38. The molecule has 1 saturated carbocycles. The van der Waals surface area contributed by atoms with Crippen molar-refractivity contribution in [1.29, 1.82) is 0 Å². The van der Waals surface area contributed by atoms with Crippen LogP contribution in [0.4, 0.5) is 0 Å².